The van der Waals surface area contributed by atoms with Crippen LogP contribution in [0.5, 0.6) is 5.75 Å². The number of hydrogen-bond acceptors (Lipinski definition) is 4. The molecule has 4 nitrogen and oxygen atoms in total. The zero-order valence-electron chi connectivity index (χ0n) is 12.2. The predicted molar refractivity (Wildman–Crippen MR) is 81.9 cm³/mol. The SMILES string of the molecule is COCc1cccc(OCC(O)c2ccc(CN)cc2)c1. The molecule has 1 unspecified atom stereocenters. The molecule has 0 amide bonds. The largest absolute Gasteiger partial charge is 0.491 e. The molecule has 0 spiro atoms. The van der Waals surface area contributed by atoms with Crippen LogP contribution in [0, 0.1) is 0 Å². The number of rotatable bonds is 7. The van der Waals surface area contributed by atoms with Gasteiger partial charge in [-0.1, -0.05) is 36.4 Å². The van der Waals surface area contributed by atoms with Gasteiger partial charge in [0.05, 0.1) is 6.61 Å². The van der Waals surface area contributed by atoms with Gasteiger partial charge in [0.25, 0.3) is 0 Å². The highest BCUT2D eigenvalue weighted by molar-refractivity contribution is 5.28. The van der Waals surface area contributed by atoms with Crippen LogP contribution in [0.3, 0.4) is 0 Å². The van der Waals surface area contributed by atoms with Gasteiger partial charge in [-0.3, -0.25) is 0 Å². The summed E-state index contributed by atoms with van der Waals surface area (Å²) in [6.45, 7) is 1.25. The number of hydrogen-bond donors (Lipinski definition) is 2. The molecule has 0 heterocycles. The van der Waals surface area contributed by atoms with Crippen molar-refractivity contribution in [3.05, 3.63) is 65.2 Å². The van der Waals surface area contributed by atoms with E-state index in [9.17, 15) is 5.11 Å². The van der Waals surface area contributed by atoms with E-state index in [2.05, 4.69) is 0 Å². The van der Waals surface area contributed by atoms with Crippen LogP contribution in [0.25, 0.3) is 0 Å². The minimum atomic E-state index is -0.664. The van der Waals surface area contributed by atoms with Crippen LogP contribution in [-0.2, 0) is 17.9 Å². The molecule has 0 bridgehead atoms. The van der Waals surface area contributed by atoms with E-state index in [0.29, 0.717) is 13.2 Å². The molecule has 0 aliphatic rings. The fourth-order valence-corrected chi connectivity index (χ4v) is 2.04. The average molecular weight is 287 g/mol. The van der Waals surface area contributed by atoms with E-state index >= 15 is 0 Å². The second-order valence-corrected chi connectivity index (χ2v) is 4.85. The molecule has 0 radical (unpaired) electrons. The fourth-order valence-electron chi connectivity index (χ4n) is 2.04. The van der Waals surface area contributed by atoms with Crippen LogP contribution in [0.15, 0.2) is 48.5 Å². The number of benzene rings is 2. The van der Waals surface area contributed by atoms with Gasteiger partial charge in [-0.05, 0) is 28.8 Å². The Labute approximate surface area is 125 Å². The van der Waals surface area contributed by atoms with Crippen LogP contribution >= 0.6 is 0 Å². The quantitative estimate of drug-likeness (QED) is 0.820. The predicted octanol–water partition coefficient (Wildman–Crippen LogP) is 2.40. The van der Waals surface area contributed by atoms with Gasteiger partial charge in [0.1, 0.15) is 18.5 Å². The topological polar surface area (TPSA) is 64.7 Å². The monoisotopic (exact) mass is 287 g/mol. The van der Waals surface area contributed by atoms with Crippen molar-refractivity contribution in [2.45, 2.75) is 19.3 Å². The first-order chi connectivity index (χ1) is 10.2. The highest BCUT2D eigenvalue weighted by Gasteiger charge is 2.08. The Balaban J connectivity index is 1.93. The first kappa shape index (κ1) is 15.5. The van der Waals surface area contributed by atoms with Crippen LogP contribution in [0.1, 0.15) is 22.8 Å². The summed E-state index contributed by atoms with van der Waals surface area (Å²) in [5.41, 5.74) is 8.45. The highest BCUT2D eigenvalue weighted by Crippen LogP contribution is 2.18. The third-order valence-electron chi connectivity index (χ3n) is 3.22. The molecule has 2 rings (SSSR count). The fraction of sp³-hybridized carbons (Fsp3) is 0.294. The lowest BCUT2D eigenvalue weighted by Crippen LogP contribution is -2.10. The van der Waals surface area contributed by atoms with Crippen molar-refractivity contribution in [3.63, 3.8) is 0 Å². The summed E-state index contributed by atoms with van der Waals surface area (Å²) >= 11 is 0. The minimum absolute atomic E-state index is 0.207. The molecule has 3 N–H and O–H groups in total. The van der Waals surface area contributed by atoms with Crippen molar-refractivity contribution >= 4 is 0 Å². The number of ether oxygens (including phenoxy) is 2. The van der Waals surface area contributed by atoms with Crippen LogP contribution in [0.4, 0.5) is 0 Å². The normalized spacial score (nSPS) is 12.1. The molecule has 0 saturated heterocycles. The Morgan fingerprint density at radius 3 is 2.52 bits per heavy atom. The summed E-state index contributed by atoms with van der Waals surface area (Å²) in [6, 6.07) is 15.2. The van der Waals surface area contributed by atoms with Gasteiger partial charge in [-0.2, -0.15) is 0 Å². The molecule has 21 heavy (non-hydrogen) atoms. The minimum Gasteiger partial charge on any atom is -0.491 e. The molecule has 0 aliphatic heterocycles. The molecule has 2 aromatic rings. The molecule has 0 saturated carbocycles. The van der Waals surface area contributed by atoms with E-state index in [4.69, 9.17) is 15.2 Å². The maximum Gasteiger partial charge on any atom is 0.119 e. The van der Waals surface area contributed by atoms with Crippen LogP contribution in [0.2, 0.25) is 0 Å². The van der Waals surface area contributed by atoms with E-state index in [1.807, 2.05) is 48.5 Å². The van der Waals surface area contributed by atoms with Crippen LogP contribution in [-0.4, -0.2) is 18.8 Å². The second kappa shape index (κ2) is 7.78. The molecular weight excluding hydrogens is 266 g/mol. The molecule has 4 heteroatoms. The van der Waals surface area contributed by atoms with Crippen molar-refractivity contribution < 1.29 is 14.6 Å². The number of aliphatic hydroxyl groups is 1. The van der Waals surface area contributed by atoms with Gasteiger partial charge in [0, 0.05) is 13.7 Å². The zero-order chi connectivity index (χ0) is 15.1. The van der Waals surface area contributed by atoms with E-state index in [1.165, 1.54) is 0 Å². The highest BCUT2D eigenvalue weighted by atomic mass is 16.5. The first-order valence-corrected chi connectivity index (χ1v) is 6.90. The van der Waals surface area contributed by atoms with Crippen LogP contribution < -0.4 is 10.5 Å². The number of methoxy groups -OCH3 is 1. The Kier molecular flexibility index (Phi) is 5.75. The summed E-state index contributed by atoms with van der Waals surface area (Å²) in [7, 11) is 1.66. The number of nitrogens with two attached hydrogens (primary N) is 1. The third kappa shape index (κ3) is 4.56. The van der Waals surface area contributed by atoms with Crippen molar-refractivity contribution in [1.29, 1.82) is 0 Å². The molecular formula is C17H21NO3. The lowest BCUT2D eigenvalue weighted by Gasteiger charge is -2.13. The zero-order valence-corrected chi connectivity index (χ0v) is 12.2. The molecule has 0 aromatic heterocycles. The molecule has 0 fully saturated rings. The van der Waals surface area contributed by atoms with Crippen molar-refractivity contribution in [2.24, 2.45) is 5.73 Å². The van der Waals surface area contributed by atoms with Gasteiger partial charge < -0.3 is 20.3 Å². The first-order valence-electron chi connectivity index (χ1n) is 6.90. The van der Waals surface area contributed by atoms with E-state index in [0.717, 1.165) is 22.4 Å². The average Bonchev–Trinajstić information content (AvgIpc) is 2.53. The second-order valence-electron chi connectivity index (χ2n) is 4.85. The van der Waals surface area contributed by atoms with Crippen molar-refractivity contribution in [3.8, 4) is 5.75 Å². The Morgan fingerprint density at radius 1 is 1.10 bits per heavy atom. The molecule has 1 atom stereocenters. The van der Waals surface area contributed by atoms with Gasteiger partial charge in [0.2, 0.25) is 0 Å². The smallest absolute Gasteiger partial charge is 0.119 e. The Bertz CT molecular complexity index is 554. The number of aliphatic hydroxyl groups excluding tert-OH is 1. The van der Waals surface area contributed by atoms with Crippen molar-refractivity contribution in [1.82, 2.24) is 0 Å². The standard InChI is InChI=1S/C17H21NO3/c1-20-11-14-3-2-4-16(9-14)21-12-17(19)15-7-5-13(10-18)6-8-15/h2-9,17,19H,10-12,18H2,1H3. The third-order valence-corrected chi connectivity index (χ3v) is 3.22. The summed E-state index contributed by atoms with van der Waals surface area (Å²) in [5.74, 6) is 0.724. The summed E-state index contributed by atoms with van der Waals surface area (Å²) in [4.78, 5) is 0. The maximum absolute atomic E-state index is 10.1. The summed E-state index contributed by atoms with van der Waals surface area (Å²) in [5, 5.41) is 10.1. The van der Waals surface area contributed by atoms with Crippen molar-refractivity contribution in [2.75, 3.05) is 13.7 Å². The van der Waals surface area contributed by atoms with Gasteiger partial charge in [0.15, 0.2) is 0 Å². The van der Waals surface area contributed by atoms with Gasteiger partial charge >= 0.3 is 0 Å². The summed E-state index contributed by atoms with van der Waals surface area (Å²) in [6.07, 6.45) is -0.664. The Hall–Kier alpha value is -1.88. The van der Waals surface area contributed by atoms with Gasteiger partial charge in [-0.15, -0.1) is 0 Å². The molecule has 112 valence electrons. The van der Waals surface area contributed by atoms with E-state index in [1.54, 1.807) is 7.11 Å². The maximum atomic E-state index is 10.1. The lowest BCUT2D eigenvalue weighted by molar-refractivity contribution is 0.108. The molecule has 2 aromatic carbocycles. The lowest BCUT2D eigenvalue weighted by atomic mass is 10.1. The Morgan fingerprint density at radius 2 is 1.86 bits per heavy atom. The van der Waals surface area contributed by atoms with Gasteiger partial charge in [-0.25, -0.2) is 0 Å². The van der Waals surface area contributed by atoms with E-state index < -0.39 is 6.10 Å². The summed E-state index contributed by atoms with van der Waals surface area (Å²) < 4.78 is 10.7. The van der Waals surface area contributed by atoms with E-state index in [-0.39, 0.29) is 6.61 Å². The molecule has 0 aliphatic carbocycles.